The fourth-order valence-corrected chi connectivity index (χ4v) is 11.2. The molecule has 0 aromatic rings. The second kappa shape index (κ2) is 71.8. The average molecular weight is 1160 g/mol. The number of carbonyl (C=O) groups is 3. The van der Waals surface area contributed by atoms with Gasteiger partial charge in [0.15, 0.2) is 6.10 Å². The van der Waals surface area contributed by atoms with Gasteiger partial charge in [0.1, 0.15) is 13.2 Å². The summed E-state index contributed by atoms with van der Waals surface area (Å²) in [6.07, 6.45) is 91.7. The molecule has 0 aromatic heterocycles. The molecule has 0 rings (SSSR count). The Morgan fingerprint density at radius 3 is 0.711 bits per heavy atom. The fraction of sp³-hybridized carbons (Fsp3) is 0.857. The van der Waals surface area contributed by atoms with Crippen LogP contribution in [0.3, 0.4) is 0 Å². The van der Waals surface area contributed by atoms with E-state index in [-0.39, 0.29) is 31.1 Å². The van der Waals surface area contributed by atoms with E-state index in [1.54, 1.807) is 0 Å². The van der Waals surface area contributed by atoms with Gasteiger partial charge < -0.3 is 14.2 Å². The Morgan fingerprint density at radius 2 is 0.446 bits per heavy atom. The first kappa shape index (κ1) is 80.4. The zero-order chi connectivity index (χ0) is 59.9. The van der Waals surface area contributed by atoms with Gasteiger partial charge in [-0.2, -0.15) is 0 Å². The van der Waals surface area contributed by atoms with E-state index in [0.29, 0.717) is 19.3 Å². The molecular weight excluding hydrogens is 1020 g/mol. The molecule has 0 aromatic carbocycles. The molecule has 0 radical (unpaired) electrons. The highest BCUT2D eigenvalue weighted by atomic mass is 16.6. The monoisotopic (exact) mass is 1160 g/mol. The predicted octanol–water partition coefficient (Wildman–Crippen LogP) is 25.7. The van der Waals surface area contributed by atoms with E-state index in [1.807, 2.05) is 0 Å². The molecule has 0 N–H and O–H groups in total. The number of hydrogen-bond donors (Lipinski definition) is 0. The van der Waals surface area contributed by atoms with Crippen LogP contribution in [0.4, 0.5) is 0 Å². The Kier molecular flexibility index (Phi) is 69.6. The Labute approximate surface area is 518 Å². The molecule has 0 saturated carbocycles. The highest BCUT2D eigenvalue weighted by Gasteiger charge is 2.19. The molecule has 0 saturated heterocycles. The van der Waals surface area contributed by atoms with Crippen LogP contribution in [-0.4, -0.2) is 37.2 Å². The van der Waals surface area contributed by atoms with Crippen molar-refractivity contribution in [3.63, 3.8) is 0 Å². The van der Waals surface area contributed by atoms with Crippen LogP contribution in [0.1, 0.15) is 406 Å². The molecule has 6 nitrogen and oxygen atoms in total. The Bertz CT molecular complexity index is 1430. The number of allylic oxidation sites excluding steroid dienone is 8. The molecule has 0 aliphatic rings. The smallest absolute Gasteiger partial charge is 0.306 e. The van der Waals surface area contributed by atoms with Gasteiger partial charge in [-0.3, -0.25) is 14.4 Å². The fourth-order valence-electron chi connectivity index (χ4n) is 11.2. The zero-order valence-corrected chi connectivity index (χ0v) is 56.0. The third-order valence-electron chi connectivity index (χ3n) is 16.8. The third kappa shape index (κ3) is 70.0. The van der Waals surface area contributed by atoms with Crippen LogP contribution in [-0.2, 0) is 28.6 Å². The highest BCUT2D eigenvalue weighted by Crippen LogP contribution is 2.18. The topological polar surface area (TPSA) is 78.9 Å². The molecular formula is C77H142O6. The van der Waals surface area contributed by atoms with Gasteiger partial charge in [0.05, 0.1) is 0 Å². The van der Waals surface area contributed by atoms with E-state index in [9.17, 15) is 14.4 Å². The van der Waals surface area contributed by atoms with E-state index in [4.69, 9.17) is 14.2 Å². The standard InChI is InChI=1S/C77H142O6/c1-4-7-10-13-16-19-22-24-26-28-30-32-34-35-36-37-38-39-40-41-43-44-46-48-50-52-55-58-61-64-67-70-76(79)82-73-74(72-81-75(78)69-66-63-60-57-54-21-18-15-12-9-6-3)83-77(80)71-68-65-62-59-56-53-51-49-47-45-42-33-31-29-27-25-23-20-17-14-11-8-5-2/h15,18,22,24,28-31,74H,4-14,16-17,19-21,23,25-27,32-73H2,1-3H3/b18-15-,24-22-,30-28-,31-29-. The van der Waals surface area contributed by atoms with Gasteiger partial charge in [0.25, 0.3) is 0 Å². The molecule has 0 fully saturated rings. The molecule has 0 bridgehead atoms. The second-order valence-electron chi connectivity index (χ2n) is 25.2. The largest absolute Gasteiger partial charge is 0.462 e. The van der Waals surface area contributed by atoms with Crippen LogP contribution in [0.5, 0.6) is 0 Å². The third-order valence-corrected chi connectivity index (χ3v) is 16.8. The first-order valence-corrected chi connectivity index (χ1v) is 37.1. The van der Waals surface area contributed by atoms with Gasteiger partial charge in [-0.1, -0.05) is 339 Å². The van der Waals surface area contributed by atoms with Gasteiger partial charge in [-0.15, -0.1) is 0 Å². The lowest BCUT2D eigenvalue weighted by molar-refractivity contribution is -0.167. The van der Waals surface area contributed by atoms with Crippen LogP contribution >= 0.6 is 0 Å². The normalized spacial score (nSPS) is 12.3. The Balaban J connectivity index is 4.13. The molecule has 0 heterocycles. The maximum absolute atomic E-state index is 12.9. The summed E-state index contributed by atoms with van der Waals surface area (Å²) in [5.41, 5.74) is 0. The highest BCUT2D eigenvalue weighted by molar-refractivity contribution is 5.71. The summed E-state index contributed by atoms with van der Waals surface area (Å²) in [4.78, 5) is 38.4. The molecule has 1 unspecified atom stereocenters. The predicted molar refractivity (Wildman–Crippen MR) is 362 cm³/mol. The van der Waals surface area contributed by atoms with Gasteiger partial charge in [-0.25, -0.2) is 0 Å². The van der Waals surface area contributed by atoms with Crippen LogP contribution < -0.4 is 0 Å². The first-order chi connectivity index (χ1) is 41.0. The van der Waals surface area contributed by atoms with Crippen molar-refractivity contribution >= 4 is 17.9 Å². The maximum Gasteiger partial charge on any atom is 0.306 e. The van der Waals surface area contributed by atoms with E-state index in [2.05, 4.69) is 69.4 Å². The molecule has 83 heavy (non-hydrogen) atoms. The number of rotatable bonds is 69. The van der Waals surface area contributed by atoms with Crippen molar-refractivity contribution in [2.24, 2.45) is 0 Å². The van der Waals surface area contributed by atoms with Crippen molar-refractivity contribution in [1.29, 1.82) is 0 Å². The minimum atomic E-state index is -0.776. The maximum atomic E-state index is 12.9. The van der Waals surface area contributed by atoms with Crippen molar-refractivity contribution in [2.75, 3.05) is 13.2 Å². The van der Waals surface area contributed by atoms with Crippen LogP contribution in [0, 0.1) is 0 Å². The Morgan fingerprint density at radius 1 is 0.241 bits per heavy atom. The Hall–Kier alpha value is -2.63. The van der Waals surface area contributed by atoms with Crippen LogP contribution in [0.25, 0.3) is 0 Å². The lowest BCUT2D eigenvalue weighted by Gasteiger charge is -2.18. The minimum Gasteiger partial charge on any atom is -0.462 e. The van der Waals surface area contributed by atoms with Crippen molar-refractivity contribution in [2.45, 2.75) is 412 Å². The first-order valence-electron chi connectivity index (χ1n) is 37.1. The average Bonchev–Trinajstić information content (AvgIpc) is 3.48. The molecule has 486 valence electrons. The summed E-state index contributed by atoms with van der Waals surface area (Å²) >= 11 is 0. The molecule has 0 amide bonds. The van der Waals surface area contributed by atoms with E-state index in [0.717, 1.165) is 70.6 Å². The van der Waals surface area contributed by atoms with Gasteiger partial charge in [0, 0.05) is 19.3 Å². The minimum absolute atomic E-state index is 0.0714. The lowest BCUT2D eigenvalue weighted by atomic mass is 10.0. The molecule has 0 spiro atoms. The number of ether oxygens (including phenoxy) is 3. The summed E-state index contributed by atoms with van der Waals surface area (Å²) in [5, 5.41) is 0. The molecule has 6 heteroatoms. The summed E-state index contributed by atoms with van der Waals surface area (Å²) in [5.74, 6) is -0.856. The van der Waals surface area contributed by atoms with Gasteiger partial charge in [0.2, 0.25) is 0 Å². The zero-order valence-electron chi connectivity index (χ0n) is 56.0. The van der Waals surface area contributed by atoms with E-state index < -0.39 is 6.10 Å². The van der Waals surface area contributed by atoms with Crippen molar-refractivity contribution in [3.05, 3.63) is 48.6 Å². The number of hydrogen-bond acceptors (Lipinski definition) is 6. The second-order valence-corrected chi connectivity index (χ2v) is 25.2. The quantitative estimate of drug-likeness (QED) is 0.0261. The van der Waals surface area contributed by atoms with E-state index >= 15 is 0 Å². The summed E-state index contributed by atoms with van der Waals surface area (Å²) in [7, 11) is 0. The van der Waals surface area contributed by atoms with Gasteiger partial charge in [-0.05, 0) is 96.3 Å². The van der Waals surface area contributed by atoms with Crippen LogP contribution in [0.2, 0.25) is 0 Å². The number of esters is 3. The molecule has 0 aliphatic carbocycles. The summed E-state index contributed by atoms with van der Waals surface area (Å²) in [6.45, 7) is 6.65. The lowest BCUT2D eigenvalue weighted by Crippen LogP contribution is -2.30. The van der Waals surface area contributed by atoms with E-state index in [1.165, 1.54) is 295 Å². The summed E-state index contributed by atoms with van der Waals surface area (Å²) < 4.78 is 17.0. The van der Waals surface area contributed by atoms with Crippen molar-refractivity contribution in [1.82, 2.24) is 0 Å². The molecule has 0 aliphatic heterocycles. The van der Waals surface area contributed by atoms with Gasteiger partial charge >= 0.3 is 17.9 Å². The number of carbonyl (C=O) groups excluding carboxylic acids is 3. The molecule has 1 atom stereocenters. The number of unbranched alkanes of at least 4 members (excludes halogenated alkanes) is 50. The van der Waals surface area contributed by atoms with Crippen molar-refractivity contribution < 1.29 is 28.6 Å². The van der Waals surface area contributed by atoms with Crippen LogP contribution in [0.15, 0.2) is 48.6 Å². The SMILES string of the molecule is CCCC/C=C\CCCCCCCC(=O)OCC(COC(=O)CCCCCCCCCCCCCCCCCCCCC/C=C\C/C=C\CCCCCCC)OC(=O)CCCCCCCCCCCCC/C=C\CCCCCCCCCC. The summed E-state index contributed by atoms with van der Waals surface area (Å²) in [6, 6.07) is 0. The van der Waals surface area contributed by atoms with Crippen molar-refractivity contribution in [3.8, 4) is 0 Å².